The van der Waals surface area contributed by atoms with Crippen LogP contribution in [0, 0.1) is 23.2 Å². The van der Waals surface area contributed by atoms with E-state index >= 15 is 0 Å². The summed E-state index contributed by atoms with van der Waals surface area (Å²) in [7, 11) is 0. The summed E-state index contributed by atoms with van der Waals surface area (Å²) < 4.78 is 5.45. The second-order valence-electron chi connectivity index (χ2n) is 6.63. The summed E-state index contributed by atoms with van der Waals surface area (Å²) in [6.45, 7) is 10.3. The number of amides is 1. The van der Waals surface area contributed by atoms with Gasteiger partial charge in [-0.15, -0.1) is 0 Å². The van der Waals surface area contributed by atoms with Gasteiger partial charge in [0.1, 0.15) is 11.6 Å². The molecule has 0 radical (unpaired) electrons. The van der Waals surface area contributed by atoms with Crippen LogP contribution in [0.25, 0.3) is 0 Å². The lowest BCUT2D eigenvalue weighted by atomic mass is 9.92. The second-order valence-corrected chi connectivity index (χ2v) is 6.63. The van der Waals surface area contributed by atoms with Gasteiger partial charge >= 0.3 is 0 Å². The Hall–Kier alpha value is -1.54. The maximum absolute atomic E-state index is 12.1. The number of likely N-dealkylation sites (tertiary alicyclic amines) is 1. The molecule has 1 aliphatic heterocycles. The fourth-order valence-corrected chi connectivity index (χ4v) is 2.96. The third kappa shape index (κ3) is 8.03. The number of hydrogen-bond acceptors (Lipinski definition) is 4. The molecule has 0 aromatic carbocycles. The molecule has 1 fully saturated rings. The van der Waals surface area contributed by atoms with Gasteiger partial charge in [-0.2, -0.15) is 5.26 Å². The van der Waals surface area contributed by atoms with Crippen molar-refractivity contribution in [2.24, 2.45) is 11.8 Å². The average Bonchev–Trinajstić information content (AvgIpc) is 2.50. The Balaban J connectivity index is 2.34. The van der Waals surface area contributed by atoms with Gasteiger partial charge in [-0.3, -0.25) is 4.79 Å². The monoisotopic (exact) mass is 321 g/mol. The van der Waals surface area contributed by atoms with E-state index in [9.17, 15) is 10.1 Å². The van der Waals surface area contributed by atoms with Crippen LogP contribution in [-0.2, 0) is 9.53 Å². The zero-order valence-electron chi connectivity index (χ0n) is 14.8. The van der Waals surface area contributed by atoms with Crippen LogP contribution >= 0.6 is 0 Å². The van der Waals surface area contributed by atoms with Gasteiger partial charge in [0.15, 0.2) is 0 Å². The van der Waals surface area contributed by atoms with E-state index < -0.39 is 0 Å². The van der Waals surface area contributed by atoms with Crippen LogP contribution in [0.1, 0.15) is 46.5 Å². The maximum Gasteiger partial charge on any atom is 0.263 e. The van der Waals surface area contributed by atoms with Crippen molar-refractivity contribution in [3.05, 3.63) is 11.8 Å². The first-order valence-corrected chi connectivity index (χ1v) is 8.78. The third-order valence-electron chi connectivity index (χ3n) is 3.97. The van der Waals surface area contributed by atoms with Gasteiger partial charge in [0.05, 0.1) is 0 Å². The first kappa shape index (κ1) is 19.5. The van der Waals surface area contributed by atoms with Crippen molar-refractivity contribution < 1.29 is 9.53 Å². The van der Waals surface area contributed by atoms with E-state index in [4.69, 9.17) is 4.74 Å². The highest BCUT2D eigenvalue weighted by Crippen LogP contribution is 2.21. The van der Waals surface area contributed by atoms with Crippen LogP contribution in [0.4, 0.5) is 0 Å². The second kappa shape index (κ2) is 11.1. The minimum absolute atomic E-state index is 0.193. The van der Waals surface area contributed by atoms with Gasteiger partial charge in [-0.1, -0.05) is 27.2 Å². The minimum Gasteiger partial charge on any atom is -0.381 e. The zero-order valence-corrected chi connectivity index (χ0v) is 14.8. The molecule has 2 atom stereocenters. The summed E-state index contributed by atoms with van der Waals surface area (Å²) in [4.78, 5) is 14.2. The molecule has 1 aliphatic rings. The molecular formula is C18H31N3O2. The van der Waals surface area contributed by atoms with E-state index in [1.54, 1.807) is 6.20 Å². The number of piperidine rings is 1. The van der Waals surface area contributed by atoms with Crippen molar-refractivity contribution in [3.8, 4) is 6.07 Å². The highest BCUT2D eigenvalue weighted by molar-refractivity contribution is 5.97. The van der Waals surface area contributed by atoms with Gasteiger partial charge in [-0.25, -0.2) is 0 Å². The van der Waals surface area contributed by atoms with E-state index in [2.05, 4.69) is 31.0 Å². The molecule has 2 unspecified atom stereocenters. The molecule has 1 heterocycles. The standard InChI is InChI=1S/C18H31N3O2/c1-4-5-8-23-9-6-7-20-18(22)17(11-19)14-21-12-15(2)10-16(3)13-21/h14-16H,4-10,12-13H2,1-3H3,(H,20,22)/b17-14-. The van der Waals surface area contributed by atoms with Crippen LogP contribution < -0.4 is 5.32 Å². The average molecular weight is 321 g/mol. The molecular weight excluding hydrogens is 290 g/mol. The molecule has 0 aromatic heterocycles. The summed E-state index contributed by atoms with van der Waals surface area (Å²) in [5.41, 5.74) is 0.193. The fourth-order valence-electron chi connectivity index (χ4n) is 2.96. The number of carbonyl (C=O) groups excluding carboxylic acids is 1. The lowest BCUT2D eigenvalue weighted by Crippen LogP contribution is -2.36. The Labute approximate surface area is 140 Å². The molecule has 1 rings (SSSR count). The number of unbranched alkanes of at least 4 members (excludes halogenated alkanes) is 1. The van der Waals surface area contributed by atoms with Crippen LogP contribution in [-0.4, -0.2) is 43.7 Å². The predicted molar refractivity (Wildman–Crippen MR) is 91.6 cm³/mol. The number of nitrogens with zero attached hydrogens (tertiary/aromatic N) is 2. The maximum atomic E-state index is 12.1. The number of nitriles is 1. The number of carbonyl (C=O) groups is 1. The van der Waals surface area contributed by atoms with Crippen molar-refractivity contribution in [2.45, 2.75) is 46.5 Å². The van der Waals surface area contributed by atoms with Crippen LogP contribution in [0.15, 0.2) is 11.8 Å². The van der Waals surface area contributed by atoms with Gasteiger partial charge in [0, 0.05) is 39.0 Å². The third-order valence-corrected chi connectivity index (χ3v) is 3.97. The molecule has 0 saturated carbocycles. The molecule has 23 heavy (non-hydrogen) atoms. The highest BCUT2D eigenvalue weighted by atomic mass is 16.5. The lowest BCUT2D eigenvalue weighted by molar-refractivity contribution is -0.117. The summed E-state index contributed by atoms with van der Waals surface area (Å²) in [6, 6.07) is 2.02. The van der Waals surface area contributed by atoms with E-state index in [1.165, 1.54) is 6.42 Å². The topological polar surface area (TPSA) is 65.4 Å². The predicted octanol–water partition coefficient (Wildman–Crippen LogP) is 2.69. The van der Waals surface area contributed by atoms with E-state index in [0.717, 1.165) is 39.0 Å². The number of hydrogen-bond donors (Lipinski definition) is 1. The molecule has 0 aromatic rings. The molecule has 5 nitrogen and oxygen atoms in total. The Morgan fingerprint density at radius 1 is 1.30 bits per heavy atom. The molecule has 0 bridgehead atoms. The SMILES string of the molecule is CCCCOCCCNC(=O)/C(C#N)=C\N1CC(C)CC(C)C1. The number of ether oxygens (including phenoxy) is 1. The summed E-state index contributed by atoms with van der Waals surface area (Å²) >= 11 is 0. The Bertz CT molecular complexity index is 418. The van der Waals surface area contributed by atoms with Crippen LogP contribution in [0.3, 0.4) is 0 Å². The molecule has 0 spiro atoms. The zero-order chi connectivity index (χ0) is 17.1. The van der Waals surface area contributed by atoms with Gasteiger partial charge < -0.3 is 15.0 Å². The Morgan fingerprint density at radius 2 is 1.96 bits per heavy atom. The van der Waals surface area contributed by atoms with Gasteiger partial charge in [-0.05, 0) is 31.1 Å². The van der Waals surface area contributed by atoms with Gasteiger partial charge in [0.25, 0.3) is 5.91 Å². The number of rotatable bonds is 9. The molecule has 5 heteroatoms. The van der Waals surface area contributed by atoms with E-state index in [0.29, 0.717) is 25.0 Å². The quantitative estimate of drug-likeness (QED) is 0.403. The van der Waals surface area contributed by atoms with Crippen LogP contribution in [0.5, 0.6) is 0 Å². The minimum atomic E-state index is -0.285. The highest BCUT2D eigenvalue weighted by Gasteiger charge is 2.21. The lowest BCUT2D eigenvalue weighted by Gasteiger charge is -2.34. The normalized spacial score (nSPS) is 21.8. The molecule has 1 saturated heterocycles. The Morgan fingerprint density at radius 3 is 2.57 bits per heavy atom. The van der Waals surface area contributed by atoms with E-state index in [1.807, 2.05) is 6.07 Å². The van der Waals surface area contributed by atoms with Gasteiger partial charge in [0.2, 0.25) is 0 Å². The first-order chi connectivity index (χ1) is 11.1. The fraction of sp³-hybridized carbons (Fsp3) is 0.778. The van der Waals surface area contributed by atoms with Crippen molar-refractivity contribution >= 4 is 5.91 Å². The van der Waals surface area contributed by atoms with Crippen molar-refractivity contribution in [3.63, 3.8) is 0 Å². The summed E-state index contributed by atoms with van der Waals surface area (Å²) in [5, 5.41) is 12.0. The molecule has 0 aliphatic carbocycles. The largest absolute Gasteiger partial charge is 0.381 e. The number of nitrogens with one attached hydrogen (secondary N) is 1. The molecule has 130 valence electrons. The Kier molecular flexibility index (Phi) is 9.39. The van der Waals surface area contributed by atoms with Crippen LogP contribution in [0.2, 0.25) is 0 Å². The smallest absolute Gasteiger partial charge is 0.263 e. The summed E-state index contributed by atoms with van der Waals surface area (Å²) in [5.74, 6) is 0.906. The molecule has 1 amide bonds. The van der Waals surface area contributed by atoms with Crippen molar-refractivity contribution in [2.75, 3.05) is 32.8 Å². The first-order valence-electron chi connectivity index (χ1n) is 8.78. The van der Waals surface area contributed by atoms with Crippen molar-refractivity contribution in [1.82, 2.24) is 10.2 Å². The van der Waals surface area contributed by atoms with E-state index in [-0.39, 0.29) is 11.5 Å². The molecule has 1 N–H and O–H groups in total. The summed E-state index contributed by atoms with van der Waals surface area (Å²) in [6.07, 6.45) is 5.89. The van der Waals surface area contributed by atoms with Crippen molar-refractivity contribution in [1.29, 1.82) is 5.26 Å².